The van der Waals surface area contributed by atoms with E-state index in [1.54, 1.807) is 11.0 Å². The number of halogens is 3. The van der Waals surface area contributed by atoms with Gasteiger partial charge in [0, 0.05) is 42.5 Å². The van der Waals surface area contributed by atoms with Crippen molar-refractivity contribution < 1.29 is 22.7 Å². The lowest BCUT2D eigenvalue weighted by Gasteiger charge is -2.26. The Morgan fingerprint density at radius 3 is 2.57 bits per heavy atom. The fourth-order valence-electron chi connectivity index (χ4n) is 4.21. The molecular weight excluding hydrogens is 399 g/mol. The maximum absolute atomic E-state index is 13.2. The molecule has 162 valence electrons. The van der Waals surface area contributed by atoms with Gasteiger partial charge in [0.15, 0.2) is 0 Å². The zero-order chi connectivity index (χ0) is 21.9. The molecule has 30 heavy (non-hydrogen) atoms. The van der Waals surface area contributed by atoms with Crippen LogP contribution in [0.1, 0.15) is 44.9 Å². The Morgan fingerprint density at radius 1 is 1.20 bits per heavy atom. The summed E-state index contributed by atoms with van der Waals surface area (Å²) >= 11 is 0. The van der Waals surface area contributed by atoms with Gasteiger partial charge in [0.2, 0.25) is 0 Å². The number of aromatic nitrogens is 3. The first kappa shape index (κ1) is 20.5. The van der Waals surface area contributed by atoms with Gasteiger partial charge in [0.1, 0.15) is 11.4 Å². The van der Waals surface area contributed by atoms with Crippen molar-refractivity contribution in [1.29, 1.82) is 0 Å². The Kier molecular flexibility index (Phi) is 4.52. The molecule has 0 bridgehead atoms. The van der Waals surface area contributed by atoms with Crippen LogP contribution in [0.5, 0.6) is 0 Å². The number of carbonyl (C=O) groups excluding carboxylic acids is 1. The minimum absolute atomic E-state index is 0.260. The van der Waals surface area contributed by atoms with Crippen molar-refractivity contribution in [3.8, 4) is 11.3 Å². The Labute approximate surface area is 172 Å². The number of fused-ring (bicyclic) bond motifs is 2. The molecule has 1 atom stereocenters. The molecule has 1 amide bonds. The average Bonchev–Trinajstić information content (AvgIpc) is 3.30. The number of nitrogens with two attached hydrogens (primary N) is 1. The molecule has 0 radical (unpaired) electrons. The van der Waals surface area contributed by atoms with Crippen molar-refractivity contribution in [3.63, 3.8) is 0 Å². The highest BCUT2D eigenvalue weighted by atomic mass is 19.4. The summed E-state index contributed by atoms with van der Waals surface area (Å²) in [5.74, 6) is -0.557. The third kappa shape index (κ3) is 3.59. The van der Waals surface area contributed by atoms with Gasteiger partial charge in [-0.15, -0.1) is 0 Å². The Balaban J connectivity index is 1.60. The number of carbonyl (C=O) groups is 1. The SMILES string of the molecule is CC(C)(C)OC(=O)N1CCC2(CCn3nc(-c4cnc(N)c(C(F)(F)F)c4)cc32)C1. The van der Waals surface area contributed by atoms with Gasteiger partial charge in [0.05, 0.1) is 11.3 Å². The second-order valence-corrected chi connectivity index (χ2v) is 8.97. The summed E-state index contributed by atoms with van der Waals surface area (Å²) in [7, 11) is 0. The van der Waals surface area contributed by atoms with Crippen LogP contribution in [0.25, 0.3) is 11.3 Å². The molecule has 1 saturated heterocycles. The molecule has 4 rings (SSSR count). The van der Waals surface area contributed by atoms with Crippen LogP contribution in [-0.2, 0) is 22.9 Å². The predicted molar refractivity (Wildman–Crippen MR) is 104 cm³/mol. The molecule has 1 unspecified atom stereocenters. The first-order chi connectivity index (χ1) is 13.9. The average molecular weight is 423 g/mol. The van der Waals surface area contributed by atoms with Crippen LogP contribution < -0.4 is 5.73 Å². The van der Waals surface area contributed by atoms with Crippen LogP contribution in [0.15, 0.2) is 18.3 Å². The molecule has 2 aliphatic heterocycles. The number of rotatable bonds is 1. The van der Waals surface area contributed by atoms with E-state index in [1.165, 1.54) is 6.20 Å². The topological polar surface area (TPSA) is 86.3 Å². The maximum Gasteiger partial charge on any atom is 0.419 e. The third-order valence-electron chi connectivity index (χ3n) is 5.65. The maximum atomic E-state index is 13.2. The van der Waals surface area contributed by atoms with Crippen molar-refractivity contribution in [2.45, 2.75) is 57.3 Å². The quantitative estimate of drug-likeness (QED) is 0.754. The van der Waals surface area contributed by atoms with E-state index in [9.17, 15) is 18.0 Å². The molecule has 10 heteroatoms. The Hall–Kier alpha value is -2.78. The van der Waals surface area contributed by atoms with Crippen molar-refractivity contribution in [1.82, 2.24) is 19.7 Å². The summed E-state index contributed by atoms with van der Waals surface area (Å²) in [6.07, 6.45) is -2.06. The lowest BCUT2D eigenvalue weighted by atomic mass is 9.82. The largest absolute Gasteiger partial charge is 0.444 e. The molecule has 4 heterocycles. The number of alkyl halides is 3. The van der Waals surface area contributed by atoms with E-state index in [4.69, 9.17) is 10.5 Å². The van der Waals surface area contributed by atoms with E-state index < -0.39 is 23.2 Å². The minimum Gasteiger partial charge on any atom is -0.444 e. The number of pyridine rings is 1. The number of nitrogen functional groups attached to an aromatic ring is 1. The molecule has 2 N–H and O–H groups in total. The zero-order valence-electron chi connectivity index (χ0n) is 17.1. The van der Waals surface area contributed by atoms with E-state index in [2.05, 4.69) is 10.1 Å². The van der Waals surface area contributed by atoms with Gasteiger partial charge in [-0.1, -0.05) is 0 Å². The molecule has 1 fully saturated rings. The van der Waals surface area contributed by atoms with Gasteiger partial charge in [-0.05, 0) is 45.7 Å². The number of nitrogens with zero attached hydrogens (tertiary/aromatic N) is 4. The lowest BCUT2D eigenvalue weighted by Crippen LogP contribution is -2.37. The summed E-state index contributed by atoms with van der Waals surface area (Å²) in [4.78, 5) is 17.9. The van der Waals surface area contributed by atoms with Gasteiger partial charge in [0.25, 0.3) is 0 Å². The monoisotopic (exact) mass is 423 g/mol. The van der Waals surface area contributed by atoms with Gasteiger partial charge >= 0.3 is 12.3 Å². The van der Waals surface area contributed by atoms with Crippen LogP contribution in [0.3, 0.4) is 0 Å². The number of aryl methyl sites for hydroxylation is 1. The van der Waals surface area contributed by atoms with Gasteiger partial charge in [-0.25, -0.2) is 9.78 Å². The number of amides is 1. The highest BCUT2D eigenvalue weighted by Gasteiger charge is 2.47. The zero-order valence-corrected chi connectivity index (χ0v) is 17.1. The fraction of sp³-hybridized carbons (Fsp3) is 0.550. The van der Waals surface area contributed by atoms with E-state index in [0.717, 1.165) is 24.6 Å². The molecular formula is C20H24F3N5O2. The first-order valence-electron chi connectivity index (χ1n) is 9.77. The van der Waals surface area contributed by atoms with Gasteiger partial charge < -0.3 is 15.4 Å². The number of ether oxygens (including phenoxy) is 1. The van der Waals surface area contributed by atoms with E-state index in [1.807, 2.05) is 25.5 Å². The Morgan fingerprint density at radius 2 is 1.90 bits per heavy atom. The van der Waals surface area contributed by atoms with Crippen LogP contribution in [-0.4, -0.2) is 44.4 Å². The van der Waals surface area contributed by atoms with Gasteiger partial charge in [-0.3, -0.25) is 4.68 Å². The van der Waals surface area contributed by atoms with Gasteiger partial charge in [-0.2, -0.15) is 18.3 Å². The van der Waals surface area contributed by atoms with Crippen LogP contribution in [0, 0.1) is 0 Å². The standard InChI is InChI=1S/C20H24F3N5O2/c1-18(2,3)30-17(29)27-6-4-19(11-27)5-7-28-15(19)9-14(26-28)12-8-13(20(21,22)23)16(24)25-10-12/h8-10H,4-7,11H2,1-3H3,(H2,24,25). The molecule has 2 aliphatic rings. The molecule has 0 saturated carbocycles. The number of anilines is 1. The van der Waals surface area contributed by atoms with Crippen LogP contribution in [0.4, 0.5) is 23.8 Å². The molecule has 0 aliphatic carbocycles. The second kappa shape index (κ2) is 6.61. The summed E-state index contributed by atoms with van der Waals surface area (Å²) in [6, 6.07) is 2.79. The normalized spacial score (nSPS) is 21.3. The second-order valence-electron chi connectivity index (χ2n) is 8.97. The van der Waals surface area contributed by atoms with Crippen molar-refractivity contribution in [3.05, 3.63) is 29.6 Å². The highest BCUT2D eigenvalue weighted by Crippen LogP contribution is 2.44. The third-order valence-corrected chi connectivity index (χ3v) is 5.65. The number of hydrogen-bond donors (Lipinski definition) is 1. The minimum atomic E-state index is -4.59. The summed E-state index contributed by atoms with van der Waals surface area (Å²) in [6.45, 7) is 7.18. The summed E-state index contributed by atoms with van der Waals surface area (Å²) < 4.78 is 46.9. The molecule has 7 nitrogen and oxygen atoms in total. The lowest BCUT2D eigenvalue weighted by molar-refractivity contribution is -0.137. The predicted octanol–water partition coefficient (Wildman–Crippen LogP) is 3.83. The number of hydrogen-bond acceptors (Lipinski definition) is 5. The van der Waals surface area contributed by atoms with E-state index >= 15 is 0 Å². The Bertz CT molecular complexity index is 995. The van der Waals surface area contributed by atoms with E-state index in [-0.39, 0.29) is 17.1 Å². The molecule has 2 aromatic heterocycles. The van der Waals surface area contributed by atoms with E-state index in [0.29, 0.717) is 25.3 Å². The highest BCUT2D eigenvalue weighted by molar-refractivity contribution is 5.69. The molecule has 2 aromatic rings. The summed E-state index contributed by atoms with van der Waals surface area (Å²) in [5, 5.41) is 4.50. The van der Waals surface area contributed by atoms with Crippen LogP contribution in [0.2, 0.25) is 0 Å². The van der Waals surface area contributed by atoms with Crippen molar-refractivity contribution in [2.75, 3.05) is 18.8 Å². The fourth-order valence-corrected chi connectivity index (χ4v) is 4.21. The number of likely N-dealkylation sites (tertiary alicyclic amines) is 1. The first-order valence-corrected chi connectivity index (χ1v) is 9.77. The van der Waals surface area contributed by atoms with Crippen molar-refractivity contribution in [2.24, 2.45) is 0 Å². The van der Waals surface area contributed by atoms with Crippen LogP contribution >= 0.6 is 0 Å². The molecule has 1 spiro atoms. The molecule has 0 aromatic carbocycles. The summed E-state index contributed by atoms with van der Waals surface area (Å²) in [5.41, 5.74) is 5.19. The van der Waals surface area contributed by atoms with Crippen molar-refractivity contribution >= 4 is 11.9 Å². The smallest absolute Gasteiger partial charge is 0.419 e.